The maximum absolute atomic E-state index is 13.5. The summed E-state index contributed by atoms with van der Waals surface area (Å²) in [6.45, 7) is 0.640. The van der Waals surface area contributed by atoms with E-state index in [2.05, 4.69) is 0 Å². The van der Waals surface area contributed by atoms with Crippen LogP contribution in [0.3, 0.4) is 0 Å². The third-order valence-electron chi connectivity index (χ3n) is 4.70. The molecule has 0 unspecified atom stereocenters. The van der Waals surface area contributed by atoms with Crippen LogP contribution in [0.4, 0.5) is 4.39 Å². The van der Waals surface area contributed by atoms with Gasteiger partial charge in [0.1, 0.15) is 24.3 Å². The summed E-state index contributed by atoms with van der Waals surface area (Å²) in [5, 5.41) is 11.0. The van der Waals surface area contributed by atoms with Crippen LogP contribution in [0.1, 0.15) is 12.0 Å². The highest BCUT2D eigenvalue weighted by molar-refractivity contribution is 7.91. The number of benzene rings is 2. The third-order valence-corrected chi connectivity index (χ3v) is 6.70. The number of nitrogens with zero attached hydrogens (tertiary/aromatic N) is 1. The van der Waals surface area contributed by atoms with E-state index < -0.39 is 15.9 Å². The van der Waals surface area contributed by atoms with Gasteiger partial charge in [0.25, 0.3) is 0 Å². The first-order chi connectivity index (χ1) is 13.3. The van der Waals surface area contributed by atoms with Gasteiger partial charge in [-0.15, -0.1) is 0 Å². The predicted molar refractivity (Wildman–Crippen MR) is 107 cm³/mol. The lowest BCUT2D eigenvalue weighted by atomic mass is 10.1. The zero-order valence-electron chi connectivity index (χ0n) is 15.3. The first kappa shape index (κ1) is 21.0. The fraction of sp³-hybridized carbons (Fsp3) is 0.400. The normalized spacial score (nSPS) is 19.6. The van der Waals surface area contributed by atoms with Crippen molar-refractivity contribution >= 4 is 21.4 Å². The molecule has 2 aromatic rings. The molecule has 1 heterocycles. The van der Waals surface area contributed by atoms with Crippen molar-refractivity contribution in [1.82, 2.24) is 4.90 Å². The lowest BCUT2D eigenvalue weighted by Gasteiger charge is -2.30. The molecular formula is C20H23ClFNO4S. The second kappa shape index (κ2) is 9.22. The van der Waals surface area contributed by atoms with E-state index in [0.717, 1.165) is 5.56 Å². The summed E-state index contributed by atoms with van der Waals surface area (Å²) in [5.74, 6) is 0.425. The van der Waals surface area contributed by atoms with Gasteiger partial charge in [-0.25, -0.2) is 12.8 Å². The Hall–Kier alpha value is -1.67. The van der Waals surface area contributed by atoms with Gasteiger partial charge in [0.15, 0.2) is 9.84 Å². The summed E-state index contributed by atoms with van der Waals surface area (Å²) < 4.78 is 42.9. The molecule has 0 bridgehead atoms. The van der Waals surface area contributed by atoms with Crippen LogP contribution in [0.2, 0.25) is 5.02 Å². The lowest BCUT2D eigenvalue weighted by molar-refractivity contribution is 0.0524. The highest BCUT2D eigenvalue weighted by atomic mass is 35.5. The molecule has 0 spiro atoms. The Morgan fingerprint density at radius 1 is 1.25 bits per heavy atom. The molecule has 2 aromatic carbocycles. The summed E-state index contributed by atoms with van der Waals surface area (Å²) in [5.41, 5.74) is 0.732. The Kier molecular flexibility index (Phi) is 6.93. The molecule has 0 saturated carbocycles. The summed E-state index contributed by atoms with van der Waals surface area (Å²) in [6, 6.07) is 12.8. The SMILES string of the molecule is O=S1(=O)CC[C@@H](N(Cc2cccc(F)c2)C[C@H](O)COc2ccc(Cl)cc2)C1. The van der Waals surface area contributed by atoms with Crippen molar-refractivity contribution in [3.05, 3.63) is 64.9 Å². The van der Waals surface area contributed by atoms with Crippen LogP contribution in [-0.4, -0.2) is 55.2 Å². The molecular weight excluding hydrogens is 405 g/mol. The fourth-order valence-corrected chi connectivity index (χ4v) is 5.21. The number of hydrogen-bond donors (Lipinski definition) is 1. The summed E-state index contributed by atoms with van der Waals surface area (Å²) in [6.07, 6.45) is -0.324. The topological polar surface area (TPSA) is 66.8 Å². The van der Waals surface area contributed by atoms with Crippen molar-refractivity contribution in [3.8, 4) is 5.75 Å². The van der Waals surface area contributed by atoms with Crippen molar-refractivity contribution in [2.24, 2.45) is 0 Å². The molecule has 152 valence electrons. The van der Waals surface area contributed by atoms with Crippen molar-refractivity contribution in [2.45, 2.75) is 25.1 Å². The Labute approximate surface area is 169 Å². The van der Waals surface area contributed by atoms with Gasteiger partial charge < -0.3 is 9.84 Å². The second-order valence-corrected chi connectivity index (χ2v) is 9.70. The van der Waals surface area contributed by atoms with Gasteiger partial charge in [-0.3, -0.25) is 4.90 Å². The molecule has 0 amide bonds. The average molecular weight is 428 g/mol. The quantitative estimate of drug-likeness (QED) is 0.701. The molecule has 1 saturated heterocycles. The molecule has 2 atom stereocenters. The predicted octanol–water partition coefficient (Wildman–Crippen LogP) is 2.91. The fourth-order valence-electron chi connectivity index (χ4n) is 3.32. The maximum atomic E-state index is 13.5. The van der Waals surface area contributed by atoms with Crippen molar-refractivity contribution < 1.29 is 22.7 Å². The molecule has 0 aromatic heterocycles. The molecule has 0 aliphatic carbocycles. The highest BCUT2D eigenvalue weighted by Crippen LogP contribution is 2.21. The Bertz CT molecular complexity index is 891. The summed E-state index contributed by atoms with van der Waals surface area (Å²) in [4.78, 5) is 1.90. The molecule has 5 nitrogen and oxygen atoms in total. The van der Waals surface area contributed by atoms with E-state index in [4.69, 9.17) is 16.3 Å². The minimum absolute atomic E-state index is 0.0487. The average Bonchev–Trinajstić information content (AvgIpc) is 3.01. The lowest BCUT2D eigenvalue weighted by Crippen LogP contribution is -2.42. The molecule has 0 radical (unpaired) electrons. The van der Waals surface area contributed by atoms with E-state index >= 15 is 0 Å². The highest BCUT2D eigenvalue weighted by Gasteiger charge is 2.33. The van der Waals surface area contributed by atoms with Gasteiger partial charge in [0.2, 0.25) is 0 Å². The van der Waals surface area contributed by atoms with E-state index in [9.17, 15) is 17.9 Å². The minimum atomic E-state index is -3.08. The van der Waals surface area contributed by atoms with Gasteiger partial charge in [0.05, 0.1) is 11.5 Å². The van der Waals surface area contributed by atoms with Crippen LogP contribution in [0.15, 0.2) is 48.5 Å². The number of sulfone groups is 1. The van der Waals surface area contributed by atoms with E-state index in [-0.39, 0.29) is 36.5 Å². The number of halogens is 2. The minimum Gasteiger partial charge on any atom is -0.491 e. The number of hydrogen-bond acceptors (Lipinski definition) is 5. The van der Waals surface area contributed by atoms with Gasteiger partial charge >= 0.3 is 0 Å². The molecule has 1 N–H and O–H groups in total. The maximum Gasteiger partial charge on any atom is 0.151 e. The Morgan fingerprint density at radius 3 is 2.64 bits per heavy atom. The van der Waals surface area contributed by atoms with Crippen molar-refractivity contribution in [3.63, 3.8) is 0 Å². The van der Waals surface area contributed by atoms with Gasteiger partial charge in [0, 0.05) is 24.2 Å². The summed E-state index contributed by atoms with van der Waals surface area (Å²) >= 11 is 5.84. The molecule has 28 heavy (non-hydrogen) atoms. The Balaban J connectivity index is 1.64. The van der Waals surface area contributed by atoms with Gasteiger partial charge in [-0.2, -0.15) is 0 Å². The van der Waals surface area contributed by atoms with E-state index in [0.29, 0.717) is 23.7 Å². The van der Waals surface area contributed by atoms with Crippen molar-refractivity contribution in [2.75, 3.05) is 24.7 Å². The first-order valence-corrected chi connectivity index (χ1v) is 11.3. The van der Waals surface area contributed by atoms with Crippen LogP contribution >= 0.6 is 11.6 Å². The number of aliphatic hydroxyl groups is 1. The van der Waals surface area contributed by atoms with E-state index in [1.54, 1.807) is 36.4 Å². The van der Waals surface area contributed by atoms with E-state index in [1.807, 2.05) is 4.90 Å². The van der Waals surface area contributed by atoms with Crippen LogP contribution in [0.5, 0.6) is 5.75 Å². The van der Waals surface area contributed by atoms with Crippen LogP contribution in [0.25, 0.3) is 0 Å². The first-order valence-electron chi connectivity index (χ1n) is 9.06. The largest absolute Gasteiger partial charge is 0.491 e. The van der Waals surface area contributed by atoms with Crippen LogP contribution < -0.4 is 4.74 Å². The number of rotatable bonds is 8. The van der Waals surface area contributed by atoms with Crippen molar-refractivity contribution in [1.29, 1.82) is 0 Å². The van der Waals surface area contributed by atoms with Gasteiger partial charge in [-0.1, -0.05) is 23.7 Å². The third kappa shape index (κ3) is 6.17. The molecule has 3 rings (SSSR count). The summed E-state index contributed by atoms with van der Waals surface area (Å²) in [7, 11) is -3.08. The number of aliphatic hydroxyl groups excluding tert-OH is 1. The second-order valence-electron chi connectivity index (χ2n) is 7.03. The zero-order chi connectivity index (χ0) is 20.1. The Morgan fingerprint density at radius 2 is 2.00 bits per heavy atom. The monoisotopic (exact) mass is 427 g/mol. The van der Waals surface area contributed by atoms with Crippen LogP contribution in [0, 0.1) is 5.82 Å². The smallest absolute Gasteiger partial charge is 0.151 e. The zero-order valence-corrected chi connectivity index (χ0v) is 16.9. The standard InChI is InChI=1S/C20H23ClFNO4S/c21-16-4-6-20(7-5-16)27-13-19(24)12-23(18-8-9-28(25,26)14-18)11-15-2-1-3-17(22)10-15/h1-7,10,18-19,24H,8-9,11-14H2/t18-,19+/m1/s1. The van der Waals surface area contributed by atoms with E-state index in [1.165, 1.54) is 12.1 Å². The molecule has 8 heteroatoms. The van der Waals surface area contributed by atoms with Gasteiger partial charge in [-0.05, 0) is 48.4 Å². The van der Waals surface area contributed by atoms with Crippen LogP contribution in [-0.2, 0) is 16.4 Å². The molecule has 1 aliphatic rings. The molecule has 1 fully saturated rings. The molecule has 1 aliphatic heterocycles. The number of ether oxygens (including phenoxy) is 1.